The van der Waals surface area contributed by atoms with Gasteiger partial charge in [-0.25, -0.2) is 0 Å². The Morgan fingerprint density at radius 2 is 1.47 bits per heavy atom. The van der Waals surface area contributed by atoms with Crippen molar-refractivity contribution in [2.75, 3.05) is 4.90 Å². The maximum absolute atomic E-state index is 7.18. The van der Waals surface area contributed by atoms with E-state index in [0.29, 0.717) is 93.7 Å². The highest BCUT2D eigenvalue weighted by atomic mass is 32.2. The molecule has 1 aromatic rings. The van der Waals surface area contributed by atoms with Gasteiger partial charge in [0.15, 0.2) is 0 Å². The average Bonchev–Trinajstić information content (AvgIpc) is 3.99. The second-order valence-electron chi connectivity index (χ2n) is 27.1. The fourth-order valence-electron chi connectivity index (χ4n) is 16.8. The number of fused-ring (bicyclic) bond motifs is 12. The summed E-state index contributed by atoms with van der Waals surface area (Å²) >= 11 is 2.36. The Balaban J connectivity index is 1.02. The van der Waals surface area contributed by atoms with Gasteiger partial charge in [-0.1, -0.05) is 141 Å². The van der Waals surface area contributed by atoms with Gasteiger partial charge in [0, 0.05) is 75.3 Å². The van der Waals surface area contributed by atoms with Gasteiger partial charge in [-0.15, -0.1) is 11.8 Å². The van der Waals surface area contributed by atoms with Crippen LogP contribution in [0.15, 0.2) is 101 Å². The van der Waals surface area contributed by atoms with Crippen LogP contribution in [0.4, 0.5) is 5.69 Å². The first-order valence-corrected chi connectivity index (χ1v) is 30.4. The van der Waals surface area contributed by atoms with Crippen LogP contribution in [-0.2, 0) is 4.74 Å². The molecule has 17 atom stereocenters. The van der Waals surface area contributed by atoms with E-state index in [1.54, 1.807) is 33.5 Å². The molecule has 0 spiro atoms. The van der Waals surface area contributed by atoms with Crippen molar-refractivity contribution in [3.05, 3.63) is 107 Å². The Morgan fingerprint density at radius 1 is 0.735 bits per heavy atom. The molecule has 0 aromatic heterocycles. The molecule has 4 nitrogen and oxygen atoms in total. The minimum Gasteiger partial charge on any atom is -0.374 e. The van der Waals surface area contributed by atoms with Gasteiger partial charge >= 0.3 is 0 Å². The van der Waals surface area contributed by atoms with Crippen molar-refractivity contribution in [1.82, 2.24) is 9.80 Å². The molecule has 1 saturated carbocycles. The molecule has 0 N–H and O–H groups in total. The van der Waals surface area contributed by atoms with Crippen LogP contribution < -0.4 is 10.2 Å². The van der Waals surface area contributed by atoms with E-state index in [-0.39, 0.29) is 10.8 Å². The van der Waals surface area contributed by atoms with Gasteiger partial charge in [0.05, 0.1) is 29.3 Å². The fourth-order valence-corrected chi connectivity index (χ4v) is 22.3. The van der Waals surface area contributed by atoms with E-state index in [4.69, 9.17) is 4.74 Å². The third-order valence-corrected chi connectivity index (χ3v) is 25.2. The molecular formula is C62H84N3OPS. The van der Waals surface area contributed by atoms with E-state index >= 15 is 0 Å². The largest absolute Gasteiger partial charge is 0.374 e. The summed E-state index contributed by atoms with van der Waals surface area (Å²) in [6, 6.07) is 9.88. The molecule has 4 fully saturated rings. The van der Waals surface area contributed by atoms with Crippen LogP contribution >= 0.6 is 19.7 Å². The highest BCUT2D eigenvalue weighted by molar-refractivity contribution is 8.01. The molecule has 12 aliphatic rings. The summed E-state index contributed by atoms with van der Waals surface area (Å²) in [6.07, 6.45) is 44.9. The van der Waals surface area contributed by atoms with Crippen LogP contribution in [0.1, 0.15) is 164 Å². The molecule has 3 saturated heterocycles. The van der Waals surface area contributed by atoms with Gasteiger partial charge in [0.2, 0.25) is 0 Å². The molecule has 0 bridgehead atoms. The van der Waals surface area contributed by atoms with Crippen LogP contribution in [0.2, 0.25) is 0 Å². The normalized spacial score (nSPS) is 42.2. The summed E-state index contributed by atoms with van der Waals surface area (Å²) in [5, 5.41) is 4.70. The summed E-state index contributed by atoms with van der Waals surface area (Å²) in [5.74, 6) is 3.64. The lowest BCUT2D eigenvalue weighted by molar-refractivity contribution is 0.0139. The zero-order valence-electron chi connectivity index (χ0n) is 43.2. The number of para-hydroxylation sites is 1. The minimum atomic E-state index is -0.545. The lowest BCUT2D eigenvalue weighted by atomic mass is 9.69. The molecule has 13 rings (SSSR count). The first kappa shape index (κ1) is 45.6. The standard InChI is InChI=1S/C62H84N3OPS/c1-60(2,3)37-24-29-40(30-25-37)63(41-31-26-38(27-32-41)61(4,5)6)42-35-48-58-49(36-42)65-57-45(55-44-17-11-13-23-54(44)68-59(55)65)18-14-22-53(57)67(58)52-33-28-39(62(7,8)9)34-47(52)64(48)46-19-15-21-51-56(46)43-16-10-12-20-50(43)66-51/h10,12,14-15,17-19,22,24,26,29,31,35,37-43,46-47,50-52,54-56,59H,11,13,16,20-21,23,25,27-28,30,32-34,36H2,1-9H3. The summed E-state index contributed by atoms with van der Waals surface area (Å²) in [7, 11) is -0.545. The first-order valence-electron chi connectivity index (χ1n) is 28.0. The van der Waals surface area contributed by atoms with Gasteiger partial charge in [-0.2, -0.15) is 0 Å². The topological polar surface area (TPSA) is 19.0 Å². The van der Waals surface area contributed by atoms with Gasteiger partial charge < -0.3 is 14.5 Å². The second kappa shape index (κ2) is 16.6. The van der Waals surface area contributed by atoms with E-state index in [0.717, 1.165) is 25.2 Å². The Labute approximate surface area is 417 Å². The zero-order valence-corrected chi connectivity index (χ0v) is 45.0. The van der Waals surface area contributed by atoms with Gasteiger partial charge in [0.25, 0.3) is 0 Å². The van der Waals surface area contributed by atoms with Gasteiger partial charge in [-0.05, 0) is 143 Å². The Bertz CT molecular complexity index is 2360. The van der Waals surface area contributed by atoms with E-state index in [1.165, 1.54) is 70.6 Å². The SMILES string of the molecule is CC(C)(C)C1C=CC(N(C2C=CC(C(C)(C)C)CC2)C2C=C3C4=C(C2)N2c5c(cccc5P4C4CCC(C(C)(C)C)CC4N3C3C=CCC4OC5CC=CCC5C43)C3C4=CCCCC4SC32)CC1. The summed E-state index contributed by atoms with van der Waals surface area (Å²) < 4.78 is 7.18. The van der Waals surface area contributed by atoms with Crippen molar-refractivity contribution in [3.63, 3.8) is 0 Å². The maximum Gasteiger partial charge on any atom is 0.0909 e. The smallest absolute Gasteiger partial charge is 0.0909 e. The molecule has 5 heterocycles. The van der Waals surface area contributed by atoms with Crippen LogP contribution in [0, 0.1) is 45.8 Å². The van der Waals surface area contributed by atoms with Crippen molar-refractivity contribution in [2.45, 2.75) is 217 Å². The summed E-state index contributed by atoms with van der Waals surface area (Å²) in [6.45, 7) is 22.5. The van der Waals surface area contributed by atoms with E-state index < -0.39 is 7.92 Å². The number of nitrogens with zero attached hydrogens (tertiary/aromatic N) is 3. The maximum atomic E-state index is 7.18. The van der Waals surface area contributed by atoms with E-state index in [9.17, 15) is 0 Å². The molecule has 0 radical (unpaired) electrons. The second-order valence-corrected chi connectivity index (χ2v) is 30.8. The van der Waals surface area contributed by atoms with Crippen LogP contribution in [0.25, 0.3) is 0 Å². The molecule has 7 aliphatic carbocycles. The van der Waals surface area contributed by atoms with Gasteiger partial charge in [-0.3, -0.25) is 4.90 Å². The Morgan fingerprint density at radius 3 is 2.18 bits per heavy atom. The zero-order chi connectivity index (χ0) is 46.6. The number of benzene rings is 1. The molecular weight excluding hydrogens is 866 g/mol. The molecule has 17 unspecified atom stereocenters. The summed E-state index contributed by atoms with van der Waals surface area (Å²) in [5.41, 5.74) is 10.1. The monoisotopic (exact) mass is 950 g/mol. The quantitative estimate of drug-likeness (QED) is 0.221. The number of rotatable bonds is 4. The third kappa shape index (κ3) is 7.18. The molecule has 6 heteroatoms. The number of allylic oxidation sites excluding steroid dienone is 5. The Hall–Kier alpha value is -2.30. The number of hydrogen-bond donors (Lipinski definition) is 0. The lowest BCUT2D eigenvalue weighted by Gasteiger charge is -2.61. The lowest BCUT2D eigenvalue weighted by Crippen LogP contribution is -2.61. The minimum absolute atomic E-state index is 0.290. The number of anilines is 1. The van der Waals surface area contributed by atoms with Crippen molar-refractivity contribution in [2.24, 2.45) is 45.8 Å². The number of thioether (sulfide) groups is 1. The Kier molecular flexibility index (Phi) is 11.1. The third-order valence-electron chi connectivity index (χ3n) is 20.4. The van der Waals surface area contributed by atoms with Crippen molar-refractivity contribution in [3.8, 4) is 0 Å². The van der Waals surface area contributed by atoms with E-state index in [1.807, 2.05) is 5.31 Å². The predicted molar refractivity (Wildman–Crippen MR) is 289 cm³/mol. The van der Waals surface area contributed by atoms with Crippen LogP contribution in [-0.4, -0.2) is 68.5 Å². The van der Waals surface area contributed by atoms with Crippen molar-refractivity contribution >= 4 is 30.7 Å². The number of ether oxygens (including phenoxy) is 1. The molecule has 364 valence electrons. The molecule has 1 aromatic carbocycles. The van der Waals surface area contributed by atoms with Crippen molar-refractivity contribution in [1.29, 1.82) is 0 Å². The predicted octanol–water partition coefficient (Wildman–Crippen LogP) is 14.8. The summed E-state index contributed by atoms with van der Waals surface area (Å²) in [4.78, 5) is 9.44. The highest BCUT2D eigenvalue weighted by Gasteiger charge is 2.61. The molecule has 68 heavy (non-hydrogen) atoms. The fraction of sp³-hybridized carbons (Fsp3) is 0.677. The van der Waals surface area contributed by atoms with Crippen LogP contribution in [0.3, 0.4) is 0 Å². The van der Waals surface area contributed by atoms with Gasteiger partial charge in [0.1, 0.15) is 0 Å². The highest BCUT2D eigenvalue weighted by Crippen LogP contribution is 2.72. The molecule has 5 aliphatic heterocycles. The van der Waals surface area contributed by atoms with Crippen molar-refractivity contribution < 1.29 is 4.74 Å². The number of hydrogen-bond acceptors (Lipinski definition) is 5. The first-order chi connectivity index (χ1) is 32.6. The van der Waals surface area contributed by atoms with E-state index in [2.05, 4.69) is 168 Å². The molecule has 0 amide bonds. The average molecular weight is 950 g/mol. The van der Waals surface area contributed by atoms with Crippen LogP contribution in [0.5, 0.6) is 0 Å².